The van der Waals surface area contributed by atoms with Gasteiger partial charge in [0, 0.05) is 38.1 Å². The first-order valence-electron chi connectivity index (χ1n) is 8.48. The van der Waals surface area contributed by atoms with Gasteiger partial charge < -0.3 is 4.90 Å². The Morgan fingerprint density at radius 1 is 1.07 bits per heavy atom. The van der Waals surface area contributed by atoms with Gasteiger partial charge >= 0.3 is 6.18 Å². The van der Waals surface area contributed by atoms with Crippen LogP contribution in [0.4, 0.5) is 13.2 Å². The highest BCUT2D eigenvalue weighted by Gasteiger charge is 2.34. The molecule has 0 atom stereocenters. The first-order valence-corrected chi connectivity index (χ1v) is 9.92. The third-order valence-electron chi connectivity index (χ3n) is 4.48. The number of carbonyl (C=O) groups excluding carboxylic acids is 1. The first-order chi connectivity index (χ1) is 13.1. The molecular weight excluding hydrogens is 395 g/mol. The number of halogens is 3. The summed E-state index contributed by atoms with van der Waals surface area (Å²) in [5, 5.41) is 0. The molecule has 0 bridgehead atoms. The Morgan fingerprint density at radius 3 is 2.32 bits per heavy atom. The molecule has 1 aliphatic rings. The molecule has 1 amide bonds. The van der Waals surface area contributed by atoms with Crippen molar-refractivity contribution < 1.29 is 26.4 Å². The smallest absolute Gasteiger partial charge is 0.336 e. The molecule has 3 rings (SSSR count). The summed E-state index contributed by atoms with van der Waals surface area (Å²) < 4.78 is 65.1. The van der Waals surface area contributed by atoms with Gasteiger partial charge in [-0.2, -0.15) is 17.5 Å². The van der Waals surface area contributed by atoms with Crippen LogP contribution in [0.5, 0.6) is 0 Å². The van der Waals surface area contributed by atoms with E-state index >= 15 is 0 Å². The van der Waals surface area contributed by atoms with Gasteiger partial charge in [-0.15, -0.1) is 0 Å². The Morgan fingerprint density at radius 2 is 1.75 bits per heavy atom. The highest BCUT2D eigenvalue weighted by atomic mass is 32.2. The molecule has 0 radical (unpaired) electrons. The van der Waals surface area contributed by atoms with Gasteiger partial charge in [0.05, 0.1) is 16.0 Å². The second-order valence-corrected chi connectivity index (χ2v) is 8.35. The number of aromatic nitrogens is 1. The Hall–Kier alpha value is -2.46. The molecule has 0 unspecified atom stereocenters. The zero-order valence-electron chi connectivity index (χ0n) is 15.0. The standard InChI is InChI=1S/C18H18F3N3O3S/c1-13-5-6-14(12-22-13)17(25)23-7-9-24(10-8-23)28(26,27)16-4-2-3-15(11-16)18(19,20)21/h2-6,11-12H,7-10H2,1H3. The minimum Gasteiger partial charge on any atom is -0.336 e. The van der Waals surface area contributed by atoms with E-state index in [1.165, 1.54) is 11.1 Å². The van der Waals surface area contributed by atoms with Crippen molar-refractivity contribution in [2.24, 2.45) is 0 Å². The predicted octanol–water partition coefficient (Wildman–Crippen LogP) is 2.56. The maximum atomic E-state index is 12.9. The molecule has 2 heterocycles. The fourth-order valence-corrected chi connectivity index (χ4v) is 4.36. The van der Waals surface area contributed by atoms with E-state index in [1.807, 2.05) is 0 Å². The number of sulfonamides is 1. The maximum Gasteiger partial charge on any atom is 0.416 e. The van der Waals surface area contributed by atoms with Crippen LogP contribution in [-0.4, -0.2) is 54.7 Å². The maximum absolute atomic E-state index is 12.9. The Balaban J connectivity index is 1.72. The molecule has 1 aromatic carbocycles. The van der Waals surface area contributed by atoms with Gasteiger partial charge in [-0.05, 0) is 37.3 Å². The molecule has 1 aromatic heterocycles. The minimum atomic E-state index is -4.63. The number of carbonyl (C=O) groups is 1. The van der Waals surface area contributed by atoms with E-state index in [2.05, 4.69) is 4.98 Å². The normalized spacial score (nSPS) is 16.2. The lowest BCUT2D eigenvalue weighted by molar-refractivity contribution is -0.137. The Bertz CT molecular complexity index is 968. The average molecular weight is 413 g/mol. The molecule has 1 saturated heterocycles. The molecule has 0 spiro atoms. The lowest BCUT2D eigenvalue weighted by Crippen LogP contribution is -2.50. The van der Waals surface area contributed by atoms with E-state index in [4.69, 9.17) is 0 Å². The van der Waals surface area contributed by atoms with Gasteiger partial charge in [-0.1, -0.05) is 6.07 Å². The molecule has 10 heteroatoms. The van der Waals surface area contributed by atoms with Gasteiger partial charge in [0.1, 0.15) is 0 Å². The largest absolute Gasteiger partial charge is 0.416 e. The van der Waals surface area contributed by atoms with Crippen molar-refractivity contribution in [3.05, 3.63) is 59.4 Å². The second-order valence-electron chi connectivity index (χ2n) is 6.41. The molecule has 28 heavy (non-hydrogen) atoms. The molecule has 1 fully saturated rings. The quantitative estimate of drug-likeness (QED) is 0.776. The Kier molecular flexibility index (Phi) is 5.44. The number of nitrogens with zero attached hydrogens (tertiary/aromatic N) is 3. The number of rotatable bonds is 3. The molecule has 0 aliphatic carbocycles. The van der Waals surface area contributed by atoms with E-state index in [9.17, 15) is 26.4 Å². The Labute approximate surface area is 160 Å². The van der Waals surface area contributed by atoms with Crippen LogP contribution in [0.2, 0.25) is 0 Å². The van der Waals surface area contributed by atoms with Crippen LogP contribution in [0.1, 0.15) is 21.6 Å². The molecular formula is C18H18F3N3O3S. The van der Waals surface area contributed by atoms with E-state index in [0.717, 1.165) is 28.2 Å². The summed E-state index contributed by atoms with van der Waals surface area (Å²) in [6.07, 6.45) is -3.16. The van der Waals surface area contributed by atoms with Gasteiger partial charge in [0.2, 0.25) is 10.0 Å². The van der Waals surface area contributed by atoms with Crippen molar-refractivity contribution in [3.8, 4) is 0 Å². The molecule has 150 valence electrons. The summed E-state index contributed by atoms with van der Waals surface area (Å²) in [5.74, 6) is -0.261. The van der Waals surface area contributed by atoms with Crippen molar-refractivity contribution >= 4 is 15.9 Å². The SMILES string of the molecule is Cc1ccc(C(=O)N2CCN(S(=O)(=O)c3cccc(C(F)(F)F)c3)CC2)cn1. The summed E-state index contributed by atoms with van der Waals surface area (Å²) in [7, 11) is -4.08. The summed E-state index contributed by atoms with van der Waals surface area (Å²) in [5.41, 5.74) is 0.155. The highest BCUT2D eigenvalue weighted by Crippen LogP contribution is 2.31. The fourth-order valence-electron chi connectivity index (χ4n) is 2.89. The molecule has 0 saturated carbocycles. The summed E-state index contributed by atoms with van der Waals surface area (Å²) in [6, 6.07) is 7.02. The molecule has 1 aliphatic heterocycles. The third-order valence-corrected chi connectivity index (χ3v) is 6.38. The minimum absolute atomic E-state index is 0.00358. The van der Waals surface area contributed by atoms with Crippen molar-refractivity contribution in [2.75, 3.05) is 26.2 Å². The fraction of sp³-hybridized carbons (Fsp3) is 0.333. The first kappa shape index (κ1) is 20.3. The van der Waals surface area contributed by atoms with Crippen molar-refractivity contribution in [1.29, 1.82) is 0 Å². The monoisotopic (exact) mass is 413 g/mol. The van der Waals surface area contributed by atoms with Gasteiger partial charge in [0.25, 0.3) is 5.91 Å². The van der Waals surface area contributed by atoms with Gasteiger partial charge in [-0.25, -0.2) is 8.42 Å². The number of amides is 1. The lowest BCUT2D eigenvalue weighted by atomic mass is 10.2. The van der Waals surface area contributed by atoms with E-state index < -0.39 is 26.7 Å². The number of benzene rings is 1. The highest BCUT2D eigenvalue weighted by molar-refractivity contribution is 7.89. The molecule has 0 N–H and O–H groups in total. The van der Waals surface area contributed by atoms with E-state index in [0.29, 0.717) is 11.6 Å². The molecule has 6 nitrogen and oxygen atoms in total. The van der Waals surface area contributed by atoms with Crippen LogP contribution in [0, 0.1) is 6.92 Å². The van der Waals surface area contributed by atoms with E-state index in [-0.39, 0.29) is 32.1 Å². The number of hydrogen-bond acceptors (Lipinski definition) is 4. The number of piperazine rings is 1. The summed E-state index contributed by atoms with van der Waals surface area (Å²) in [4.78, 5) is 17.6. The zero-order chi connectivity index (χ0) is 20.5. The van der Waals surface area contributed by atoms with Crippen LogP contribution in [0.15, 0.2) is 47.5 Å². The van der Waals surface area contributed by atoms with Crippen molar-refractivity contribution in [1.82, 2.24) is 14.2 Å². The lowest BCUT2D eigenvalue weighted by Gasteiger charge is -2.34. The molecule has 2 aromatic rings. The summed E-state index contributed by atoms with van der Waals surface area (Å²) >= 11 is 0. The third kappa shape index (κ3) is 4.17. The van der Waals surface area contributed by atoms with Gasteiger partial charge in [-0.3, -0.25) is 9.78 Å². The second kappa shape index (κ2) is 7.51. The van der Waals surface area contributed by atoms with Gasteiger partial charge in [0.15, 0.2) is 0 Å². The van der Waals surface area contributed by atoms with Crippen molar-refractivity contribution in [2.45, 2.75) is 18.0 Å². The van der Waals surface area contributed by atoms with Crippen LogP contribution in [0.25, 0.3) is 0 Å². The number of aryl methyl sites for hydroxylation is 1. The van der Waals surface area contributed by atoms with Crippen LogP contribution in [0.3, 0.4) is 0 Å². The topological polar surface area (TPSA) is 70.6 Å². The van der Waals surface area contributed by atoms with E-state index in [1.54, 1.807) is 19.1 Å². The number of pyridine rings is 1. The van der Waals surface area contributed by atoms with Crippen LogP contribution < -0.4 is 0 Å². The number of alkyl halides is 3. The van der Waals surface area contributed by atoms with Crippen molar-refractivity contribution in [3.63, 3.8) is 0 Å². The predicted molar refractivity (Wildman–Crippen MR) is 95.1 cm³/mol. The number of hydrogen-bond donors (Lipinski definition) is 0. The average Bonchev–Trinajstić information content (AvgIpc) is 2.67. The van der Waals surface area contributed by atoms with Crippen LogP contribution >= 0.6 is 0 Å². The zero-order valence-corrected chi connectivity index (χ0v) is 15.8. The summed E-state index contributed by atoms with van der Waals surface area (Å²) in [6.45, 7) is 2.09. The van der Waals surface area contributed by atoms with Crippen LogP contribution in [-0.2, 0) is 16.2 Å².